The molecule has 4 aromatic heterocycles. The number of aliphatic hydroxyl groups excluding tert-OH is 4. The van der Waals surface area contributed by atoms with Gasteiger partial charge in [-0.25, -0.2) is 40.7 Å². The minimum Gasteiger partial charge on any atom is -0.497 e. The summed E-state index contributed by atoms with van der Waals surface area (Å²) < 4.78 is 91.1. The Labute approximate surface area is 733 Å². The highest BCUT2D eigenvalue weighted by Gasteiger charge is 2.51. The highest BCUT2D eigenvalue weighted by atomic mass is 19.1. The fraction of sp³-hybridized carbons (Fsp3) is 0.358. The maximum Gasteiger partial charge on any atom is 0.184 e. The van der Waals surface area contributed by atoms with Crippen LogP contribution in [-0.2, 0) is 41.6 Å². The maximum absolute atomic E-state index is 13.4. The van der Waals surface area contributed by atoms with Crippen LogP contribution in [0.4, 0.5) is 22.0 Å². The number of methoxy groups -OCH3 is 1. The average molecular weight is 1700 g/mol. The Kier molecular flexibility index (Phi) is 24.4. The zero-order valence-corrected chi connectivity index (χ0v) is 72.0. The lowest BCUT2D eigenvalue weighted by Crippen LogP contribution is -2.43. The van der Waals surface area contributed by atoms with E-state index < -0.39 is 18.3 Å². The second-order valence-corrected chi connectivity index (χ2v) is 36.8. The number of allylic oxidation sites excluding steroid dienone is 4. The van der Waals surface area contributed by atoms with Gasteiger partial charge in [0.15, 0.2) is 6.29 Å². The zero-order chi connectivity index (χ0) is 87.2. The molecule has 0 unspecified atom stereocenters. The summed E-state index contributed by atoms with van der Waals surface area (Å²) in [5.74, 6) is -0.0452. The van der Waals surface area contributed by atoms with Crippen LogP contribution in [0.1, 0.15) is 209 Å². The number of hydrogen-bond acceptors (Lipinski definition) is 11. The molecule has 1 aliphatic heterocycles. The Bertz CT molecular complexity index is 6010. The Morgan fingerprint density at radius 1 is 0.381 bits per heavy atom. The van der Waals surface area contributed by atoms with Crippen molar-refractivity contribution >= 4 is 24.3 Å². The van der Waals surface area contributed by atoms with E-state index in [1.807, 2.05) is 98.1 Å². The van der Waals surface area contributed by atoms with Crippen molar-refractivity contribution in [3.8, 4) is 28.5 Å². The van der Waals surface area contributed by atoms with Crippen molar-refractivity contribution in [3.63, 3.8) is 0 Å². The molecule has 0 spiro atoms. The average Bonchev–Trinajstić information content (AvgIpc) is 1.46. The summed E-state index contributed by atoms with van der Waals surface area (Å²) in [5.41, 5.74) is 22.1. The minimum absolute atomic E-state index is 0.0436. The molecule has 650 valence electrons. The number of ether oxygens (including phenoxy) is 3. The van der Waals surface area contributed by atoms with Gasteiger partial charge in [0.25, 0.3) is 0 Å². The van der Waals surface area contributed by atoms with Crippen molar-refractivity contribution in [2.45, 2.75) is 174 Å². The van der Waals surface area contributed by atoms with Crippen LogP contribution in [-0.4, -0.2) is 86.0 Å². The van der Waals surface area contributed by atoms with E-state index in [9.17, 15) is 42.4 Å². The number of benzene rings is 8. The molecule has 0 bridgehead atoms. The molecule has 5 heterocycles. The molecule has 15 nitrogen and oxygen atoms in total. The van der Waals surface area contributed by atoms with Crippen molar-refractivity contribution in [1.82, 2.24) is 39.1 Å². The molecule has 9 aliphatic rings. The quantitative estimate of drug-likeness (QED) is 0.0676. The first-order chi connectivity index (χ1) is 61.0. The van der Waals surface area contributed by atoms with Gasteiger partial charge >= 0.3 is 0 Å². The van der Waals surface area contributed by atoms with Gasteiger partial charge in [-0.3, -0.25) is 0 Å². The molecule has 4 N–H and O–H groups in total. The van der Waals surface area contributed by atoms with Crippen LogP contribution in [0.5, 0.6) is 5.75 Å². The van der Waals surface area contributed by atoms with Gasteiger partial charge < -0.3 is 34.6 Å². The van der Waals surface area contributed by atoms with Crippen molar-refractivity contribution in [2.24, 2.45) is 45.3 Å². The second-order valence-electron chi connectivity index (χ2n) is 36.8. The molecule has 12 atom stereocenters. The monoisotopic (exact) mass is 1700 g/mol. The lowest BCUT2D eigenvalue weighted by molar-refractivity contribution is -0.0444. The van der Waals surface area contributed by atoms with Gasteiger partial charge in [-0.1, -0.05) is 123 Å². The van der Waals surface area contributed by atoms with E-state index in [1.54, 1.807) is 67.8 Å². The molecule has 5 fully saturated rings. The minimum atomic E-state index is -0.645. The van der Waals surface area contributed by atoms with E-state index in [4.69, 9.17) is 14.2 Å². The third kappa shape index (κ3) is 16.9. The first-order valence-corrected chi connectivity index (χ1v) is 44.7. The van der Waals surface area contributed by atoms with E-state index in [0.29, 0.717) is 13.2 Å². The number of aryl methyl sites for hydroxylation is 1. The third-order valence-corrected chi connectivity index (χ3v) is 29.3. The number of nitrogens with zero attached hydrogens (tertiary/aromatic N) is 8. The Morgan fingerprint density at radius 2 is 0.706 bits per heavy atom. The zero-order valence-electron chi connectivity index (χ0n) is 72.0. The Balaban J connectivity index is 0.000000114. The standard InChI is InChI=1S/C28H29FN2O3.C27H29FN2O.C26H27FN2O2.C25H24F2N2O/c1-28-16-20-17-30-31(23-10-8-22(29)9-11-23)25(20)15-21(28)6-3-7-24(28)26(32)18-4-2-5-19(14-18)27-33-12-13-34-27;1-27-17-20-18-29-30(23-13-11-22(28)12-14-23)25(20)16-21(27)8-5-9-24(27)26(31)15-10-19-6-3-2-4-7-19;1-26-15-18-16-28-29(21-11-9-20(27)10-12-21)24(18)14-19(26)6-4-8-23(26)25(30)17-5-3-7-22(13-17)31-2;1-25-14-17-15-28-29(21-11-9-20(27)10-12-21)23(17)13-18(25)3-2-4-22(25)24(30)16-5-7-19(26)8-6-16/h2,4-5,8-11,14-15,17,24,26-27,32H,3,6-7,12-13,16H2,1H3;2-4,6-7,11-14,16,18,24,26,31H,5,8-10,15,17H2,1H3;3,5,7,9-14,16,23,25,30H,4,6,8,15H2,1-2H3;5-13,15,22,24,30H,2-4,14H2,1H3/t24-,26+,28+;24-,26+,27+;23-,25+,26+;22-,24+,25+/m1111/s1. The second kappa shape index (κ2) is 35.9. The first-order valence-electron chi connectivity index (χ1n) is 44.7. The van der Waals surface area contributed by atoms with Crippen molar-refractivity contribution in [2.75, 3.05) is 20.3 Å². The van der Waals surface area contributed by atoms with Gasteiger partial charge in [-0.2, -0.15) is 20.4 Å². The van der Waals surface area contributed by atoms with Crippen molar-refractivity contribution < 1.29 is 56.6 Å². The van der Waals surface area contributed by atoms with Crippen LogP contribution in [0, 0.1) is 74.4 Å². The molecule has 4 saturated carbocycles. The highest BCUT2D eigenvalue weighted by Crippen LogP contribution is 2.59. The molecule has 12 aromatic rings. The molecular formula is C106H109F5N8O7. The van der Waals surface area contributed by atoms with E-state index in [0.717, 1.165) is 200 Å². The summed E-state index contributed by atoms with van der Waals surface area (Å²) in [5, 5.41) is 63.8. The molecule has 20 heteroatoms. The summed E-state index contributed by atoms with van der Waals surface area (Å²) in [6.45, 7) is 10.3. The van der Waals surface area contributed by atoms with E-state index >= 15 is 0 Å². The van der Waals surface area contributed by atoms with Crippen molar-refractivity contribution in [1.29, 1.82) is 0 Å². The predicted molar refractivity (Wildman–Crippen MR) is 479 cm³/mol. The number of halogens is 5. The summed E-state index contributed by atoms with van der Waals surface area (Å²) in [4.78, 5) is 0. The number of fused-ring (bicyclic) bond motifs is 8. The topological polar surface area (TPSA) is 180 Å². The van der Waals surface area contributed by atoms with Crippen molar-refractivity contribution in [3.05, 3.63) is 349 Å². The van der Waals surface area contributed by atoms with Crippen LogP contribution in [0.3, 0.4) is 0 Å². The van der Waals surface area contributed by atoms with E-state index in [-0.39, 0.29) is 86.8 Å². The largest absolute Gasteiger partial charge is 0.497 e. The summed E-state index contributed by atoms with van der Waals surface area (Å²) in [6, 6.07) is 58.1. The van der Waals surface area contributed by atoms with Gasteiger partial charge in [0, 0.05) is 5.56 Å². The van der Waals surface area contributed by atoms with Gasteiger partial charge in [0.2, 0.25) is 0 Å². The normalized spacial score (nSPS) is 24.2. The van der Waals surface area contributed by atoms with Crippen LogP contribution < -0.4 is 4.74 Å². The molecule has 8 aromatic carbocycles. The number of rotatable bonds is 16. The molecule has 1 saturated heterocycles. The summed E-state index contributed by atoms with van der Waals surface area (Å²) >= 11 is 0. The van der Waals surface area contributed by atoms with Gasteiger partial charge in [-0.15, -0.1) is 0 Å². The van der Waals surface area contributed by atoms with Crippen LogP contribution >= 0.6 is 0 Å². The van der Waals surface area contributed by atoms with Crippen LogP contribution in [0.2, 0.25) is 0 Å². The Hall–Kier alpha value is -11.2. The summed E-state index contributed by atoms with van der Waals surface area (Å²) in [7, 11) is 1.65. The van der Waals surface area contributed by atoms with E-state index in [1.165, 1.54) is 99.6 Å². The lowest BCUT2D eigenvalue weighted by atomic mass is 9.57. The lowest BCUT2D eigenvalue weighted by Gasteiger charge is -2.47. The molecule has 0 radical (unpaired) electrons. The molecular weight excluding hydrogens is 1590 g/mol. The molecule has 0 amide bonds. The van der Waals surface area contributed by atoms with Crippen LogP contribution in [0.15, 0.2) is 247 Å². The van der Waals surface area contributed by atoms with Crippen LogP contribution in [0.25, 0.3) is 47.1 Å². The predicted octanol–water partition coefficient (Wildman–Crippen LogP) is 22.4. The smallest absolute Gasteiger partial charge is 0.184 e. The van der Waals surface area contributed by atoms with Gasteiger partial charge in [-0.05, 0) is 357 Å². The molecule has 126 heavy (non-hydrogen) atoms. The first kappa shape index (κ1) is 85.6. The molecule has 21 rings (SSSR count). The van der Waals surface area contributed by atoms with E-state index in [2.05, 4.69) is 96.7 Å². The highest BCUT2D eigenvalue weighted by molar-refractivity contribution is 5.66. The molecule has 8 aliphatic carbocycles. The SMILES string of the molecule is COc1cccc([C@H](O)[C@H]2CCCC3=Cc4c(cnn4-c4ccc(F)cc4)C[C@@]32C)c1.C[C@]12Cc3cnn(-c4ccc(F)cc4)c3C=C1CCC[C@@H]2[C@@H](O)CCc1ccccc1.C[C@]12Cc3cnn(-c4ccc(F)cc4)c3C=C1CCC[C@@H]2[C@@H](O)c1ccc(F)cc1.C[C@]12Cc3cnn(-c4ccc(F)cc4)c3C=C1CCC[C@@H]2[C@@H](O)c1cccc(C2OCCO2)c1. The fourth-order valence-electron chi connectivity index (χ4n) is 22.4. The Morgan fingerprint density at radius 3 is 1.07 bits per heavy atom. The fourth-order valence-corrected chi connectivity index (χ4v) is 22.4. The number of aliphatic hydroxyl groups is 4. The van der Waals surface area contributed by atoms with Gasteiger partial charge in [0.05, 0.1) is 115 Å². The summed E-state index contributed by atoms with van der Waals surface area (Å²) in [6.07, 6.45) is 31.5. The third-order valence-electron chi connectivity index (χ3n) is 29.3. The number of hydrogen-bond donors (Lipinski definition) is 4. The maximum atomic E-state index is 13.4. The number of aromatic nitrogens is 8. The van der Waals surface area contributed by atoms with Gasteiger partial charge in [0.1, 0.15) is 34.8 Å².